The third-order valence-corrected chi connectivity index (χ3v) is 5.39. The first kappa shape index (κ1) is 13.1. The lowest BCUT2D eigenvalue weighted by atomic mass is 9.78. The van der Waals surface area contributed by atoms with E-state index in [0.29, 0.717) is 5.54 Å². The van der Waals surface area contributed by atoms with Crippen molar-refractivity contribution >= 4 is 16.9 Å². The minimum Gasteiger partial charge on any atom is -0.467 e. The molecule has 1 spiro atoms. The summed E-state index contributed by atoms with van der Waals surface area (Å²) in [7, 11) is 0. The second-order valence-corrected chi connectivity index (χ2v) is 6.99. The summed E-state index contributed by atoms with van der Waals surface area (Å²) in [6.07, 6.45) is 7.01. The molecule has 1 aromatic rings. The third kappa shape index (κ3) is 2.83. The van der Waals surface area contributed by atoms with Gasteiger partial charge in [0.1, 0.15) is 11.8 Å². The number of nitrogens with zero attached hydrogens (tertiary/aromatic N) is 1. The van der Waals surface area contributed by atoms with E-state index in [9.17, 15) is 0 Å². The fraction of sp³-hybridized carbons (Fsp3) is 0.667. The largest absolute Gasteiger partial charge is 0.467 e. The zero-order valence-electron chi connectivity index (χ0n) is 11.7. The SMILES string of the molecule is CC1CCCC2(CSC(=NC(C)c3ccco3)N2)C1. The van der Waals surface area contributed by atoms with Crippen LogP contribution >= 0.6 is 11.8 Å². The summed E-state index contributed by atoms with van der Waals surface area (Å²) >= 11 is 1.87. The highest BCUT2D eigenvalue weighted by atomic mass is 32.2. The first-order valence-corrected chi connectivity index (χ1v) is 8.18. The molecule has 19 heavy (non-hydrogen) atoms. The van der Waals surface area contributed by atoms with E-state index in [0.717, 1.165) is 16.8 Å². The van der Waals surface area contributed by atoms with Crippen LogP contribution in [0.5, 0.6) is 0 Å². The molecular formula is C15H22N2OS. The molecule has 104 valence electrons. The van der Waals surface area contributed by atoms with Crippen LogP contribution in [-0.4, -0.2) is 16.5 Å². The van der Waals surface area contributed by atoms with E-state index in [4.69, 9.17) is 9.41 Å². The number of aliphatic imine (C=N–C) groups is 1. The van der Waals surface area contributed by atoms with Crippen molar-refractivity contribution in [1.29, 1.82) is 0 Å². The van der Waals surface area contributed by atoms with Gasteiger partial charge in [-0.05, 0) is 37.8 Å². The lowest BCUT2D eigenvalue weighted by molar-refractivity contribution is 0.242. The van der Waals surface area contributed by atoms with Gasteiger partial charge in [-0.25, -0.2) is 0 Å². The Labute approximate surface area is 119 Å². The van der Waals surface area contributed by atoms with Crippen LogP contribution in [-0.2, 0) is 0 Å². The lowest BCUT2D eigenvalue weighted by Gasteiger charge is -2.36. The van der Waals surface area contributed by atoms with Crippen LogP contribution in [0.3, 0.4) is 0 Å². The molecule has 1 N–H and O–H groups in total. The molecule has 1 saturated carbocycles. The maximum atomic E-state index is 5.42. The van der Waals surface area contributed by atoms with Crippen molar-refractivity contribution in [3.8, 4) is 0 Å². The Bertz CT molecular complexity index is 457. The molecule has 0 bridgehead atoms. The molecule has 1 aromatic heterocycles. The van der Waals surface area contributed by atoms with Gasteiger partial charge in [-0.1, -0.05) is 31.5 Å². The van der Waals surface area contributed by atoms with E-state index in [-0.39, 0.29) is 6.04 Å². The van der Waals surface area contributed by atoms with Gasteiger partial charge in [0.15, 0.2) is 5.17 Å². The molecule has 3 atom stereocenters. The number of nitrogens with one attached hydrogen (secondary N) is 1. The summed E-state index contributed by atoms with van der Waals surface area (Å²) in [4.78, 5) is 4.77. The quantitative estimate of drug-likeness (QED) is 0.889. The molecule has 3 unspecified atom stereocenters. The van der Waals surface area contributed by atoms with Gasteiger partial charge in [-0.15, -0.1) is 0 Å². The van der Waals surface area contributed by atoms with E-state index in [1.807, 2.05) is 23.9 Å². The van der Waals surface area contributed by atoms with Gasteiger partial charge >= 0.3 is 0 Å². The molecule has 1 aliphatic carbocycles. The summed E-state index contributed by atoms with van der Waals surface area (Å²) in [5, 5.41) is 4.80. The molecular weight excluding hydrogens is 256 g/mol. The van der Waals surface area contributed by atoms with Gasteiger partial charge in [-0.3, -0.25) is 4.99 Å². The maximum absolute atomic E-state index is 5.42. The van der Waals surface area contributed by atoms with Gasteiger partial charge in [0.05, 0.1) is 6.26 Å². The fourth-order valence-corrected chi connectivity index (χ4v) is 4.52. The van der Waals surface area contributed by atoms with Crippen molar-refractivity contribution in [2.75, 3.05) is 5.75 Å². The highest BCUT2D eigenvalue weighted by Gasteiger charge is 2.40. The summed E-state index contributed by atoms with van der Waals surface area (Å²) in [6.45, 7) is 4.45. The number of furan rings is 1. The molecule has 0 amide bonds. The average Bonchev–Trinajstić information content (AvgIpc) is 3.00. The van der Waals surface area contributed by atoms with Crippen molar-refractivity contribution in [3.05, 3.63) is 24.2 Å². The second kappa shape index (κ2) is 5.23. The van der Waals surface area contributed by atoms with Crippen LogP contribution in [0.25, 0.3) is 0 Å². The first-order chi connectivity index (χ1) is 9.17. The van der Waals surface area contributed by atoms with Gasteiger partial charge in [0.2, 0.25) is 0 Å². The van der Waals surface area contributed by atoms with Crippen molar-refractivity contribution in [3.63, 3.8) is 0 Å². The fourth-order valence-electron chi connectivity index (χ4n) is 3.25. The van der Waals surface area contributed by atoms with Crippen LogP contribution in [0, 0.1) is 5.92 Å². The van der Waals surface area contributed by atoms with Gasteiger partial charge < -0.3 is 9.73 Å². The van der Waals surface area contributed by atoms with Crippen molar-refractivity contribution in [2.45, 2.75) is 51.1 Å². The van der Waals surface area contributed by atoms with E-state index >= 15 is 0 Å². The van der Waals surface area contributed by atoms with E-state index in [2.05, 4.69) is 19.2 Å². The number of hydrogen-bond donors (Lipinski definition) is 1. The monoisotopic (exact) mass is 278 g/mol. The number of hydrogen-bond acceptors (Lipinski definition) is 3. The molecule has 0 aromatic carbocycles. The zero-order valence-corrected chi connectivity index (χ0v) is 12.5. The molecule has 3 rings (SSSR count). The van der Waals surface area contributed by atoms with Crippen LogP contribution in [0.4, 0.5) is 0 Å². The molecule has 2 fully saturated rings. The molecule has 2 heterocycles. The van der Waals surface area contributed by atoms with Crippen LogP contribution in [0.2, 0.25) is 0 Å². The van der Waals surface area contributed by atoms with E-state index in [1.54, 1.807) is 6.26 Å². The number of thioether (sulfide) groups is 1. The first-order valence-electron chi connectivity index (χ1n) is 7.19. The Morgan fingerprint density at radius 2 is 2.47 bits per heavy atom. The normalized spacial score (nSPS) is 34.6. The summed E-state index contributed by atoms with van der Waals surface area (Å²) in [5.74, 6) is 2.94. The highest BCUT2D eigenvalue weighted by molar-refractivity contribution is 8.14. The minimum absolute atomic E-state index is 0.0983. The summed E-state index contributed by atoms with van der Waals surface area (Å²) < 4.78 is 5.42. The Kier molecular flexibility index (Phi) is 3.61. The predicted octanol–water partition coefficient (Wildman–Crippen LogP) is 3.98. The topological polar surface area (TPSA) is 37.5 Å². The van der Waals surface area contributed by atoms with Gasteiger partial charge in [-0.2, -0.15) is 0 Å². The summed E-state index contributed by atoms with van der Waals surface area (Å²) in [5.41, 5.74) is 0.310. The Balaban J connectivity index is 1.68. The minimum atomic E-state index is 0.0983. The summed E-state index contributed by atoms with van der Waals surface area (Å²) in [6, 6.07) is 4.01. The van der Waals surface area contributed by atoms with E-state index < -0.39 is 0 Å². The Morgan fingerprint density at radius 3 is 3.21 bits per heavy atom. The highest BCUT2D eigenvalue weighted by Crippen LogP contribution is 2.39. The Hall–Kier alpha value is -0.900. The van der Waals surface area contributed by atoms with Gasteiger partial charge in [0, 0.05) is 11.3 Å². The maximum Gasteiger partial charge on any atom is 0.157 e. The van der Waals surface area contributed by atoms with Crippen LogP contribution < -0.4 is 5.32 Å². The number of rotatable bonds is 2. The number of amidine groups is 1. The molecule has 2 aliphatic rings. The molecule has 1 saturated heterocycles. The molecule has 1 aliphatic heterocycles. The molecule has 4 heteroatoms. The standard InChI is InChI=1S/C15H22N2OS/c1-11-5-3-7-15(9-11)10-19-14(17-15)16-12(2)13-6-4-8-18-13/h4,6,8,11-12H,3,5,7,9-10H2,1-2H3,(H,16,17). The van der Waals surface area contributed by atoms with Crippen molar-refractivity contribution < 1.29 is 4.42 Å². The lowest BCUT2D eigenvalue weighted by Crippen LogP contribution is -2.47. The van der Waals surface area contributed by atoms with E-state index in [1.165, 1.54) is 31.4 Å². The predicted molar refractivity (Wildman–Crippen MR) is 80.5 cm³/mol. The Morgan fingerprint density at radius 1 is 1.58 bits per heavy atom. The second-order valence-electron chi connectivity index (χ2n) is 6.02. The van der Waals surface area contributed by atoms with Crippen molar-refractivity contribution in [2.24, 2.45) is 10.9 Å². The molecule has 0 radical (unpaired) electrons. The zero-order chi connectivity index (χ0) is 13.3. The van der Waals surface area contributed by atoms with Crippen LogP contribution in [0.15, 0.2) is 27.8 Å². The van der Waals surface area contributed by atoms with Gasteiger partial charge in [0.25, 0.3) is 0 Å². The average molecular weight is 278 g/mol. The molecule has 3 nitrogen and oxygen atoms in total. The smallest absolute Gasteiger partial charge is 0.157 e. The van der Waals surface area contributed by atoms with Crippen molar-refractivity contribution in [1.82, 2.24) is 5.32 Å². The van der Waals surface area contributed by atoms with Crippen LogP contribution in [0.1, 0.15) is 51.3 Å². The third-order valence-electron chi connectivity index (χ3n) is 4.21.